The summed E-state index contributed by atoms with van der Waals surface area (Å²) in [5.41, 5.74) is 7.24. The lowest BCUT2D eigenvalue weighted by molar-refractivity contribution is -0.0424. The molecule has 0 aliphatic rings. The van der Waals surface area contributed by atoms with Gasteiger partial charge in [0.1, 0.15) is 0 Å². The molecule has 0 bridgehead atoms. The second kappa shape index (κ2) is 4.37. The molecule has 13 heavy (non-hydrogen) atoms. The van der Waals surface area contributed by atoms with E-state index in [1.165, 1.54) is 0 Å². The summed E-state index contributed by atoms with van der Waals surface area (Å²) in [5, 5.41) is 17.7. The molecule has 1 unspecified atom stereocenters. The summed E-state index contributed by atoms with van der Waals surface area (Å²) in [4.78, 5) is 0. The molecular formula is C10H15NO2. The molecule has 0 amide bonds. The maximum atomic E-state index is 8.83. The minimum Gasteiger partial charge on any atom is -0.364 e. The van der Waals surface area contributed by atoms with Gasteiger partial charge in [-0.2, -0.15) is 0 Å². The van der Waals surface area contributed by atoms with Gasteiger partial charge >= 0.3 is 0 Å². The summed E-state index contributed by atoms with van der Waals surface area (Å²) >= 11 is 0. The first-order valence-electron chi connectivity index (χ1n) is 4.30. The van der Waals surface area contributed by atoms with Crippen molar-refractivity contribution in [2.75, 3.05) is 0 Å². The maximum absolute atomic E-state index is 8.83. The van der Waals surface area contributed by atoms with Gasteiger partial charge in [0.15, 0.2) is 6.29 Å². The van der Waals surface area contributed by atoms with Gasteiger partial charge in [0.25, 0.3) is 0 Å². The molecule has 1 atom stereocenters. The lowest BCUT2D eigenvalue weighted by atomic mass is 10.1. The molecule has 4 N–H and O–H groups in total. The SMILES string of the molecule is CC(N)Cc1ccc(C(O)O)cc1. The smallest absolute Gasteiger partial charge is 0.178 e. The van der Waals surface area contributed by atoms with Gasteiger partial charge < -0.3 is 15.9 Å². The van der Waals surface area contributed by atoms with E-state index in [0.717, 1.165) is 12.0 Å². The van der Waals surface area contributed by atoms with Crippen molar-refractivity contribution < 1.29 is 10.2 Å². The Labute approximate surface area is 77.8 Å². The van der Waals surface area contributed by atoms with E-state index in [1.54, 1.807) is 12.1 Å². The third kappa shape index (κ3) is 3.14. The molecule has 0 aliphatic heterocycles. The second-order valence-corrected chi connectivity index (χ2v) is 3.30. The van der Waals surface area contributed by atoms with E-state index in [9.17, 15) is 0 Å². The lowest BCUT2D eigenvalue weighted by Crippen LogP contribution is -2.17. The van der Waals surface area contributed by atoms with Crippen LogP contribution in [-0.4, -0.2) is 16.3 Å². The number of aliphatic hydroxyl groups excluding tert-OH is 1. The van der Waals surface area contributed by atoms with E-state index in [2.05, 4.69) is 0 Å². The molecule has 3 nitrogen and oxygen atoms in total. The summed E-state index contributed by atoms with van der Waals surface area (Å²) in [7, 11) is 0. The number of hydrogen-bond donors (Lipinski definition) is 3. The summed E-state index contributed by atoms with van der Waals surface area (Å²) < 4.78 is 0. The van der Waals surface area contributed by atoms with Gasteiger partial charge in [-0.3, -0.25) is 0 Å². The molecule has 0 saturated heterocycles. The van der Waals surface area contributed by atoms with Crippen LogP contribution in [0.4, 0.5) is 0 Å². The van der Waals surface area contributed by atoms with Gasteiger partial charge in [-0.25, -0.2) is 0 Å². The molecule has 1 aromatic rings. The number of nitrogens with two attached hydrogens (primary N) is 1. The molecule has 0 radical (unpaired) electrons. The van der Waals surface area contributed by atoms with Gasteiger partial charge in [-0.1, -0.05) is 24.3 Å². The highest BCUT2D eigenvalue weighted by Gasteiger charge is 2.02. The first-order valence-corrected chi connectivity index (χ1v) is 4.30. The van der Waals surface area contributed by atoms with Crippen LogP contribution in [-0.2, 0) is 6.42 Å². The molecule has 0 fully saturated rings. The zero-order chi connectivity index (χ0) is 9.84. The maximum Gasteiger partial charge on any atom is 0.178 e. The van der Waals surface area contributed by atoms with Crippen LogP contribution in [0.1, 0.15) is 24.3 Å². The van der Waals surface area contributed by atoms with Crippen molar-refractivity contribution in [1.82, 2.24) is 0 Å². The number of aliphatic hydroxyl groups is 2. The fraction of sp³-hybridized carbons (Fsp3) is 0.400. The normalized spacial score (nSPS) is 13.3. The third-order valence-corrected chi connectivity index (χ3v) is 1.84. The largest absolute Gasteiger partial charge is 0.364 e. The fourth-order valence-corrected chi connectivity index (χ4v) is 1.20. The Morgan fingerprint density at radius 1 is 1.23 bits per heavy atom. The highest BCUT2D eigenvalue weighted by molar-refractivity contribution is 5.23. The van der Waals surface area contributed by atoms with Gasteiger partial charge in [0, 0.05) is 11.6 Å². The molecule has 0 aliphatic carbocycles. The van der Waals surface area contributed by atoms with E-state index >= 15 is 0 Å². The van der Waals surface area contributed by atoms with Gasteiger partial charge in [-0.15, -0.1) is 0 Å². The molecule has 0 aromatic heterocycles. The van der Waals surface area contributed by atoms with Crippen molar-refractivity contribution in [3.63, 3.8) is 0 Å². The summed E-state index contributed by atoms with van der Waals surface area (Å²) in [6, 6.07) is 7.24. The van der Waals surface area contributed by atoms with E-state index < -0.39 is 6.29 Å². The van der Waals surface area contributed by atoms with E-state index in [4.69, 9.17) is 15.9 Å². The molecule has 3 heteroatoms. The van der Waals surface area contributed by atoms with Crippen LogP contribution in [0.3, 0.4) is 0 Å². The van der Waals surface area contributed by atoms with Crippen molar-refractivity contribution in [1.29, 1.82) is 0 Å². The monoisotopic (exact) mass is 181 g/mol. The highest BCUT2D eigenvalue weighted by atomic mass is 16.5. The summed E-state index contributed by atoms with van der Waals surface area (Å²) in [6.45, 7) is 1.94. The Bertz CT molecular complexity index is 254. The predicted molar refractivity (Wildman–Crippen MR) is 51.0 cm³/mol. The van der Waals surface area contributed by atoms with E-state index in [0.29, 0.717) is 5.56 Å². The highest BCUT2D eigenvalue weighted by Crippen LogP contribution is 2.11. The standard InChI is InChI=1S/C10H15NO2/c1-7(11)6-8-2-4-9(5-3-8)10(12)13/h2-5,7,10,12-13H,6,11H2,1H3. The molecule has 0 heterocycles. The molecule has 1 rings (SSSR count). The van der Waals surface area contributed by atoms with Gasteiger partial charge in [-0.05, 0) is 18.9 Å². The number of hydrogen-bond acceptors (Lipinski definition) is 3. The fourth-order valence-electron chi connectivity index (χ4n) is 1.20. The Hall–Kier alpha value is -0.900. The van der Waals surface area contributed by atoms with E-state index in [-0.39, 0.29) is 6.04 Å². The summed E-state index contributed by atoms with van der Waals surface area (Å²) in [6.07, 6.45) is -0.578. The quantitative estimate of drug-likeness (QED) is 0.597. The third-order valence-electron chi connectivity index (χ3n) is 1.84. The molecule has 0 spiro atoms. The number of benzene rings is 1. The Morgan fingerprint density at radius 2 is 1.77 bits per heavy atom. The zero-order valence-electron chi connectivity index (χ0n) is 7.64. The number of rotatable bonds is 3. The Kier molecular flexibility index (Phi) is 3.42. The van der Waals surface area contributed by atoms with Crippen molar-refractivity contribution >= 4 is 0 Å². The lowest BCUT2D eigenvalue weighted by Gasteiger charge is -2.07. The second-order valence-electron chi connectivity index (χ2n) is 3.30. The molecule has 0 saturated carbocycles. The van der Waals surface area contributed by atoms with Crippen LogP contribution in [0.2, 0.25) is 0 Å². The van der Waals surface area contributed by atoms with Gasteiger partial charge in [0.05, 0.1) is 0 Å². The van der Waals surface area contributed by atoms with Crippen LogP contribution in [0.5, 0.6) is 0 Å². The Morgan fingerprint density at radius 3 is 2.15 bits per heavy atom. The van der Waals surface area contributed by atoms with Crippen LogP contribution >= 0.6 is 0 Å². The molecular weight excluding hydrogens is 166 g/mol. The van der Waals surface area contributed by atoms with Crippen LogP contribution in [0.25, 0.3) is 0 Å². The van der Waals surface area contributed by atoms with Crippen LogP contribution in [0.15, 0.2) is 24.3 Å². The summed E-state index contributed by atoms with van der Waals surface area (Å²) in [5.74, 6) is 0. The average Bonchev–Trinajstić information content (AvgIpc) is 2.04. The predicted octanol–water partition coefficient (Wildman–Crippen LogP) is 0.560. The minimum atomic E-state index is -1.38. The first kappa shape index (κ1) is 10.2. The zero-order valence-corrected chi connectivity index (χ0v) is 7.64. The van der Waals surface area contributed by atoms with Crippen LogP contribution < -0.4 is 5.73 Å². The Balaban J connectivity index is 2.70. The molecule has 72 valence electrons. The molecule has 1 aromatic carbocycles. The minimum absolute atomic E-state index is 0.130. The van der Waals surface area contributed by atoms with Gasteiger partial charge in [0.2, 0.25) is 0 Å². The van der Waals surface area contributed by atoms with Crippen LogP contribution in [0, 0.1) is 0 Å². The average molecular weight is 181 g/mol. The topological polar surface area (TPSA) is 66.5 Å². The van der Waals surface area contributed by atoms with Crippen molar-refractivity contribution in [2.45, 2.75) is 25.7 Å². The first-order chi connectivity index (χ1) is 6.09. The van der Waals surface area contributed by atoms with Crippen molar-refractivity contribution in [2.24, 2.45) is 5.73 Å². The van der Waals surface area contributed by atoms with E-state index in [1.807, 2.05) is 19.1 Å². The van der Waals surface area contributed by atoms with Crippen molar-refractivity contribution in [3.8, 4) is 0 Å². The van der Waals surface area contributed by atoms with Crippen molar-refractivity contribution in [3.05, 3.63) is 35.4 Å².